The van der Waals surface area contributed by atoms with Crippen LogP contribution in [-0.2, 0) is 4.79 Å². The number of carbonyl (C=O) groups is 1. The van der Waals surface area contributed by atoms with Crippen molar-refractivity contribution in [1.29, 1.82) is 0 Å². The molecule has 9 nitrogen and oxygen atoms in total. The molecule has 5 aromatic rings. The Labute approximate surface area is 232 Å². The molecule has 0 fully saturated rings. The lowest BCUT2D eigenvalue weighted by molar-refractivity contribution is -0.113. The van der Waals surface area contributed by atoms with Crippen LogP contribution in [-0.4, -0.2) is 37.9 Å². The highest BCUT2D eigenvalue weighted by Gasteiger charge is 2.16. The third-order valence-electron chi connectivity index (χ3n) is 5.70. The van der Waals surface area contributed by atoms with Crippen molar-refractivity contribution in [3.8, 4) is 28.4 Å². The van der Waals surface area contributed by atoms with Crippen LogP contribution in [0.3, 0.4) is 0 Å². The smallest absolute Gasteiger partial charge is 0.334 e. The fourth-order valence-electron chi connectivity index (χ4n) is 3.91. The van der Waals surface area contributed by atoms with Crippen LogP contribution in [0.25, 0.3) is 22.6 Å². The van der Waals surface area contributed by atoms with Crippen LogP contribution in [0, 0.1) is 0 Å². The maximum absolute atomic E-state index is 13.0. The maximum Gasteiger partial charge on any atom is 0.334 e. The average Bonchev–Trinajstić information content (AvgIpc) is 3.36. The van der Waals surface area contributed by atoms with Gasteiger partial charge in [-0.1, -0.05) is 59.8 Å². The van der Waals surface area contributed by atoms with Gasteiger partial charge >= 0.3 is 5.69 Å². The van der Waals surface area contributed by atoms with Crippen LogP contribution in [0.2, 0.25) is 5.02 Å². The summed E-state index contributed by atoms with van der Waals surface area (Å²) in [5.41, 5.74) is 1.59. The monoisotopic (exact) mass is 559 g/mol. The van der Waals surface area contributed by atoms with Crippen LogP contribution >= 0.6 is 23.4 Å². The Morgan fingerprint density at radius 3 is 2.49 bits per heavy atom. The van der Waals surface area contributed by atoms with Gasteiger partial charge in [0, 0.05) is 28.5 Å². The first kappa shape index (κ1) is 26.1. The van der Waals surface area contributed by atoms with Crippen molar-refractivity contribution in [2.75, 3.05) is 18.2 Å². The Bertz CT molecular complexity index is 1750. The highest BCUT2D eigenvalue weighted by atomic mass is 35.5. The molecular weight excluding hydrogens is 538 g/mol. The molecule has 0 atom stereocenters. The molecule has 0 bridgehead atoms. The van der Waals surface area contributed by atoms with E-state index in [2.05, 4.69) is 10.3 Å². The Kier molecular flexibility index (Phi) is 7.67. The number of anilines is 1. The van der Waals surface area contributed by atoms with Crippen molar-refractivity contribution in [2.45, 2.75) is 5.16 Å². The molecule has 2 N–H and O–H groups in total. The topological polar surface area (TPSA) is 111 Å². The number of hydrogen-bond acceptors (Lipinski definition) is 6. The van der Waals surface area contributed by atoms with E-state index < -0.39 is 17.2 Å². The van der Waals surface area contributed by atoms with Gasteiger partial charge in [-0.15, -0.1) is 0 Å². The first-order valence-corrected chi connectivity index (χ1v) is 13.1. The van der Waals surface area contributed by atoms with Gasteiger partial charge in [-0.25, -0.2) is 14.3 Å². The standard InChI is InChI=1S/C28H22ClN5O4S/c1-38-22-12-10-20(11-13-22)33-16-23(18-6-3-2-4-7-18)30-28(33)39-17-26(36)31-24-15-25(35)32-27(37)34(24)21-9-5-8-19(29)14-21/h2-16H,17H2,1H3,(H,31,36)(H,32,35,37). The average molecular weight is 560 g/mol. The molecule has 11 heteroatoms. The molecule has 0 unspecified atom stereocenters. The van der Waals surface area contributed by atoms with Gasteiger partial charge in [0.25, 0.3) is 5.56 Å². The van der Waals surface area contributed by atoms with Crippen molar-refractivity contribution >= 4 is 35.1 Å². The number of imidazole rings is 1. The van der Waals surface area contributed by atoms with Gasteiger partial charge in [0.1, 0.15) is 11.6 Å². The van der Waals surface area contributed by atoms with Crippen molar-refractivity contribution in [3.63, 3.8) is 0 Å². The molecule has 0 saturated carbocycles. The van der Waals surface area contributed by atoms with Crippen molar-refractivity contribution in [1.82, 2.24) is 19.1 Å². The number of halogens is 1. The lowest BCUT2D eigenvalue weighted by Crippen LogP contribution is -2.32. The zero-order chi connectivity index (χ0) is 27.4. The number of thioether (sulfide) groups is 1. The number of hydrogen-bond donors (Lipinski definition) is 2. The van der Waals surface area contributed by atoms with E-state index in [0.29, 0.717) is 15.9 Å². The first-order chi connectivity index (χ1) is 18.9. The zero-order valence-corrected chi connectivity index (χ0v) is 22.2. The second-order valence-corrected chi connectivity index (χ2v) is 9.70. The molecule has 5 rings (SSSR count). The Morgan fingerprint density at radius 1 is 1.00 bits per heavy atom. The van der Waals surface area contributed by atoms with Gasteiger partial charge in [0.2, 0.25) is 5.91 Å². The molecule has 0 spiro atoms. The summed E-state index contributed by atoms with van der Waals surface area (Å²) in [5.74, 6) is 0.295. The Hall–Kier alpha value is -4.54. The quantitative estimate of drug-likeness (QED) is 0.265. The van der Waals surface area contributed by atoms with E-state index >= 15 is 0 Å². The SMILES string of the molecule is COc1ccc(-n2cc(-c3ccccc3)nc2SCC(=O)Nc2cc(=O)[nH]c(=O)n2-c2cccc(Cl)c2)cc1. The minimum Gasteiger partial charge on any atom is -0.497 e. The van der Waals surface area contributed by atoms with Gasteiger partial charge in [-0.3, -0.25) is 19.1 Å². The number of methoxy groups -OCH3 is 1. The number of aromatic amines is 1. The summed E-state index contributed by atoms with van der Waals surface area (Å²) in [4.78, 5) is 44.6. The third kappa shape index (κ3) is 5.97. The van der Waals surface area contributed by atoms with Crippen LogP contribution in [0.5, 0.6) is 5.75 Å². The number of H-pyrrole nitrogens is 1. The molecule has 0 saturated heterocycles. The van der Waals surface area contributed by atoms with Crippen molar-refractivity contribution in [2.24, 2.45) is 0 Å². The minimum absolute atomic E-state index is 0.0279. The van der Waals surface area contributed by atoms with Crippen molar-refractivity contribution in [3.05, 3.63) is 117 Å². The van der Waals surface area contributed by atoms with E-state index in [0.717, 1.165) is 28.8 Å². The van der Waals surface area contributed by atoms with Gasteiger partial charge in [-0.2, -0.15) is 0 Å². The normalized spacial score (nSPS) is 10.8. The second kappa shape index (κ2) is 11.5. The number of ether oxygens (including phenoxy) is 1. The molecular formula is C28H22ClN5O4S. The summed E-state index contributed by atoms with van der Waals surface area (Å²) in [6.07, 6.45) is 1.91. The molecule has 2 aromatic heterocycles. The molecule has 0 aliphatic rings. The molecule has 196 valence electrons. The molecule has 0 radical (unpaired) electrons. The first-order valence-electron chi connectivity index (χ1n) is 11.8. The van der Waals surface area contributed by atoms with Crippen LogP contribution in [0.1, 0.15) is 0 Å². The largest absolute Gasteiger partial charge is 0.497 e. The maximum atomic E-state index is 13.0. The molecule has 2 heterocycles. The number of amides is 1. The predicted octanol–water partition coefficient (Wildman–Crippen LogP) is 4.77. The summed E-state index contributed by atoms with van der Waals surface area (Å²) in [6, 6.07) is 24.9. The van der Waals surface area contributed by atoms with Crippen LogP contribution in [0.4, 0.5) is 5.82 Å². The number of carbonyl (C=O) groups excluding carboxylic acids is 1. The lowest BCUT2D eigenvalue weighted by Gasteiger charge is -2.13. The van der Waals surface area contributed by atoms with Crippen LogP contribution < -0.4 is 21.3 Å². The molecule has 1 amide bonds. The summed E-state index contributed by atoms with van der Waals surface area (Å²) in [7, 11) is 1.60. The van der Waals surface area contributed by atoms with E-state index in [1.54, 1.807) is 31.4 Å². The molecule has 0 aliphatic carbocycles. The van der Waals surface area contributed by atoms with Gasteiger partial charge in [-0.05, 0) is 42.5 Å². The molecule has 39 heavy (non-hydrogen) atoms. The predicted molar refractivity (Wildman–Crippen MR) is 153 cm³/mol. The highest BCUT2D eigenvalue weighted by Crippen LogP contribution is 2.28. The molecule has 3 aromatic carbocycles. The summed E-state index contributed by atoms with van der Waals surface area (Å²) < 4.78 is 8.35. The molecule has 0 aliphatic heterocycles. The highest BCUT2D eigenvalue weighted by molar-refractivity contribution is 7.99. The second-order valence-electron chi connectivity index (χ2n) is 8.32. The van der Waals surface area contributed by atoms with Gasteiger partial charge in [0.05, 0.1) is 24.2 Å². The number of benzene rings is 3. The zero-order valence-electron chi connectivity index (χ0n) is 20.6. The van der Waals surface area contributed by atoms with E-state index in [-0.39, 0.29) is 11.6 Å². The number of nitrogens with one attached hydrogen (secondary N) is 2. The van der Waals surface area contributed by atoms with E-state index in [9.17, 15) is 14.4 Å². The fourth-order valence-corrected chi connectivity index (χ4v) is 4.89. The Balaban J connectivity index is 1.42. The van der Waals surface area contributed by atoms with Crippen molar-refractivity contribution < 1.29 is 9.53 Å². The van der Waals surface area contributed by atoms with E-state index in [4.69, 9.17) is 21.3 Å². The summed E-state index contributed by atoms with van der Waals surface area (Å²) in [5, 5.41) is 3.67. The lowest BCUT2D eigenvalue weighted by atomic mass is 10.2. The number of rotatable bonds is 8. The number of nitrogens with zero attached hydrogens (tertiary/aromatic N) is 3. The summed E-state index contributed by atoms with van der Waals surface area (Å²) in [6.45, 7) is 0. The summed E-state index contributed by atoms with van der Waals surface area (Å²) >= 11 is 7.31. The van der Waals surface area contributed by atoms with E-state index in [1.165, 1.54) is 16.3 Å². The third-order valence-corrected chi connectivity index (χ3v) is 6.89. The van der Waals surface area contributed by atoms with Crippen LogP contribution in [0.15, 0.2) is 106 Å². The number of aromatic nitrogens is 4. The fraction of sp³-hybridized carbons (Fsp3) is 0.0714. The minimum atomic E-state index is -0.699. The van der Waals surface area contributed by atoms with E-state index in [1.807, 2.05) is 65.4 Å². The van der Waals surface area contributed by atoms with Gasteiger partial charge < -0.3 is 10.1 Å². The van der Waals surface area contributed by atoms with Gasteiger partial charge in [0.15, 0.2) is 5.16 Å². The Morgan fingerprint density at radius 2 is 1.77 bits per heavy atom.